The SMILES string of the molecule is Nc1cc(Cl)ccc1-c1cc(F)ccc1Cl. The first-order valence-corrected chi connectivity index (χ1v) is 5.34. The standard InChI is InChI=1S/C12H8Cl2FN/c13-7-1-3-9(12(16)5-7)10-6-8(15)2-4-11(10)14/h1-6H,16H2. The fraction of sp³-hybridized carbons (Fsp3) is 0. The van der Waals surface area contributed by atoms with Crippen LogP contribution in [0.4, 0.5) is 10.1 Å². The van der Waals surface area contributed by atoms with Gasteiger partial charge in [0, 0.05) is 26.9 Å². The zero-order valence-electron chi connectivity index (χ0n) is 8.18. The van der Waals surface area contributed by atoms with Crippen LogP contribution < -0.4 is 5.73 Å². The van der Waals surface area contributed by atoms with E-state index in [0.29, 0.717) is 26.9 Å². The van der Waals surface area contributed by atoms with Crippen LogP contribution in [0.15, 0.2) is 36.4 Å². The van der Waals surface area contributed by atoms with Gasteiger partial charge in [0.05, 0.1) is 0 Å². The predicted molar refractivity (Wildman–Crippen MR) is 66.3 cm³/mol. The van der Waals surface area contributed by atoms with Gasteiger partial charge >= 0.3 is 0 Å². The van der Waals surface area contributed by atoms with Gasteiger partial charge < -0.3 is 5.73 Å². The second-order valence-corrected chi connectivity index (χ2v) is 4.20. The third kappa shape index (κ3) is 2.13. The molecule has 0 radical (unpaired) electrons. The first-order valence-electron chi connectivity index (χ1n) is 4.58. The van der Waals surface area contributed by atoms with Crippen molar-refractivity contribution in [2.75, 3.05) is 5.73 Å². The molecular weight excluding hydrogens is 248 g/mol. The Bertz CT molecular complexity index is 541. The van der Waals surface area contributed by atoms with Crippen LogP contribution in [-0.2, 0) is 0 Å². The fourth-order valence-corrected chi connectivity index (χ4v) is 1.88. The molecule has 2 aromatic rings. The summed E-state index contributed by atoms with van der Waals surface area (Å²) < 4.78 is 13.1. The highest BCUT2D eigenvalue weighted by Crippen LogP contribution is 2.33. The summed E-state index contributed by atoms with van der Waals surface area (Å²) in [6.45, 7) is 0. The van der Waals surface area contributed by atoms with Gasteiger partial charge in [-0.05, 0) is 30.3 Å². The minimum Gasteiger partial charge on any atom is -0.398 e. The average molecular weight is 256 g/mol. The van der Waals surface area contributed by atoms with Crippen LogP contribution in [0.2, 0.25) is 10.0 Å². The largest absolute Gasteiger partial charge is 0.398 e. The van der Waals surface area contributed by atoms with Crippen molar-refractivity contribution in [3.05, 3.63) is 52.3 Å². The number of anilines is 1. The quantitative estimate of drug-likeness (QED) is 0.752. The maximum Gasteiger partial charge on any atom is 0.123 e. The summed E-state index contributed by atoms with van der Waals surface area (Å²) in [7, 11) is 0. The molecule has 0 saturated heterocycles. The van der Waals surface area contributed by atoms with Crippen LogP contribution in [0, 0.1) is 5.82 Å². The molecule has 2 rings (SSSR count). The maximum atomic E-state index is 13.1. The zero-order chi connectivity index (χ0) is 11.7. The third-order valence-electron chi connectivity index (χ3n) is 2.23. The molecule has 16 heavy (non-hydrogen) atoms. The number of benzene rings is 2. The van der Waals surface area contributed by atoms with Gasteiger partial charge in [0.2, 0.25) is 0 Å². The first-order chi connectivity index (χ1) is 7.58. The molecule has 0 aromatic heterocycles. The van der Waals surface area contributed by atoms with Crippen molar-refractivity contribution in [2.24, 2.45) is 0 Å². The molecule has 2 N–H and O–H groups in total. The molecule has 1 nitrogen and oxygen atoms in total. The summed E-state index contributed by atoms with van der Waals surface area (Å²) in [6.07, 6.45) is 0. The molecule has 82 valence electrons. The van der Waals surface area contributed by atoms with Gasteiger partial charge in [-0.1, -0.05) is 29.3 Å². The van der Waals surface area contributed by atoms with Crippen molar-refractivity contribution < 1.29 is 4.39 Å². The Hall–Kier alpha value is -1.25. The Morgan fingerprint density at radius 2 is 1.69 bits per heavy atom. The minimum atomic E-state index is -0.353. The summed E-state index contributed by atoms with van der Waals surface area (Å²) in [5, 5.41) is 0.990. The van der Waals surface area contributed by atoms with Crippen LogP contribution in [0.5, 0.6) is 0 Å². The Balaban J connectivity index is 2.62. The molecule has 0 unspecified atom stereocenters. The second kappa shape index (κ2) is 4.32. The first kappa shape index (κ1) is 11.2. The number of rotatable bonds is 1. The van der Waals surface area contributed by atoms with E-state index in [9.17, 15) is 4.39 Å². The van der Waals surface area contributed by atoms with Crippen LogP contribution in [0.25, 0.3) is 11.1 Å². The topological polar surface area (TPSA) is 26.0 Å². The molecule has 0 aliphatic heterocycles. The van der Waals surface area contributed by atoms with Crippen molar-refractivity contribution in [2.45, 2.75) is 0 Å². The van der Waals surface area contributed by atoms with Crippen LogP contribution >= 0.6 is 23.2 Å². The zero-order valence-corrected chi connectivity index (χ0v) is 9.69. The molecule has 0 heterocycles. The van der Waals surface area contributed by atoms with E-state index in [2.05, 4.69) is 0 Å². The number of hydrogen-bond acceptors (Lipinski definition) is 1. The molecule has 0 aliphatic rings. The fourth-order valence-electron chi connectivity index (χ4n) is 1.48. The van der Waals surface area contributed by atoms with Crippen molar-refractivity contribution in [3.8, 4) is 11.1 Å². The van der Waals surface area contributed by atoms with Gasteiger partial charge in [0.25, 0.3) is 0 Å². The van der Waals surface area contributed by atoms with Gasteiger partial charge in [0.15, 0.2) is 0 Å². The normalized spacial score (nSPS) is 10.4. The molecule has 0 fully saturated rings. The smallest absolute Gasteiger partial charge is 0.123 e. The maximum absolute atomic E-state index is 13.1. The average Bonchev–Trinajstić information content (AvgIpc) is 2.22. The van der Waals surface area contributed by atoms with Crippen molar-refractivity contribution >= 4 is 28.9 Å². The van der Waals surface area contributed by atoms with E-state index >= 15 is 0 Å². The third-order valence-corrected chi connectivity index (χ3v) is 2.80. The number of hydrogen-bond donors (Lipinski definition) is 1. The van der Waals surface area contributed by atoms with E-state index in [4.69, 9.17) is 28.9 Å². The number of nitrogens with two attached hydrogens (primary N) is 1. The van der Waals surface area contributed by atoms with E-state index in [1.165, 1.54) is 18.2 Å². The van der Waals surface area contributed by atoms with Crippen LogP contribution in [-0.4, -0.2) is 0 Å². The summed E-state index contributed by atoms with van der Waals surface area (Å²) in [5.74, 6) is -0.353. The Morgan fingerprint density at radius 1 is 0.938 bits per heavy atom. The summed E-state index contributed by atoms with van der Waals surface area (Å²) in [5.41, 5.74) is 7.52. The highest BCUT2D eigenvalue weighted by atomic mass is 35.5. The molecule has 4 heteroatoms. The van der Waals surface area contributed by atoms with E-state index in [-0.39, 0.29) is 5.82 Å². The highest BCUT2D eigenvalue weighted by Gasteiger charge is 2.08. The molecule has 0 saturated carbocycles. The van der Waals surface area contributed by atoms with E-state index < -0.39 is 0 Å². The van der Waals surface area contributed by atoms with Crippen LogP contribution in [0.1, 0.15) is 0 Å². The molecule has 0 amide bonds. The summed E-state index contributed by atoms with van der Waals surface area (Å²) >= 11 is 11.8. The Kier molecular flexibility index (Phi) is 3.03. The van der Waals surface area contributed by atoms with Gasteiger partial charge in [-0.3, -0.25) is 0 Å². The van der Waals surface area contributed by atoms with Crippen molar-refractivity contribution in [1.29, 1.82) is 0 Å². The number of halogens is 3. The minimum absolute atomic E-state index is 0.353. The molecule has 2 aromatic carbocycles. The lowest BCUT2D eigenvalue weighted by Gasteiger charge is -2.08. The monoisotopic (exact) mass is 255 g/mol. The van der Waals surface area contributed by atoms with E-state index in [0.717, 1.165) is 0 Å². The van der Waals surface area contributed by atoms with Crippen molar-refractivity contribution in [1.82, 2.24) is 0 Å². The van der Waals surface area contributed by atoms with Crippen molar-refractivity contribution in [3.63, 3.8) is 0 Å². The lowest BCUT2D eigenvalue weighted by atomic mass is 10.0. The second-order valence-electron chi connectivity index (χ2n) is 3.36. The molecule has 0 bridgehead atoms. The summed E-state index contributed by atoms with van der Waals surface area (Å²) in [4.78, 5) is 0. The molecule has 0 aliphatic carbocycles. The lowest BCUT2D eigenvalue weighted by molar-refractivity contribution is 0.628. The Labute approximate surface area is 103 Å². The predicted octanol–water partition coefficient (Wildman–Crippen LogP) is 4.38. The summed E-state index contributed by atoms with van der Waals surface area (Å²) in [6, 6.07) is 9.17. The molecule has 0 atom stereocenters. The molecular formula is C12H8Cl2FN. The van der Waals surface area contributed by atoms with Gasteiger partial charge in [-0.15, -0.1) is 0 Å². The number of nitrogen functional groups attached to an aromatic ring is 1. The van der Waals surface area contributed by atoms with Gasteiger partial charge in [-0.2, -0.15) is 0 Å². The lowest BCUT2D eigenvalue weighted by Crippen LogP contribution is -1.91. The van der Waals surface area contributed by atoms with E-state index in [1.54, 1.807) is 18.2 Å². The Morgan fingerprint density at radius 3 is 2.38 bits per heavy atom. The van der Waals surface area contributed by atoms with Gasteiger partial charge in [-0.25, -0.2) is 4.39 Å². The molecule has 0 spiro atoms. The highest BCUT2D eigenvalue weighted by molar-refractivity contribution is 6.33. The van der Waals surface area contributed by atoms with Gasteiger partial charge in [0.1, 0.15) is 5.82 Å². The van der Waals surface area contributed by atoms with E-state index in [1.807, 2.05) is 0 Å². The van der Waals surface area contributed by atoms with Crippen LogP contribution in [0.3, 0.4) is 0 Å².